The van der Waals surface area contributed by atoms with Crippen molar-refractivity contribution in [1.82, 2.24) is 4.98 Å². The van der Waals surface area contributed by atoms with Crippen LogP contribution in [0.1, 0.15) is 16.4 Å². The highest BCUT2D eigenvalue weighted by atomic mass is 16.5. The first-order valence-electron chi connectivity index (χ1n) is 5.25. The SMILES string of the molecule is COc1ccccc1NCc1ncc(C(=O)O)o1. The van der Waals surface area contributed by atoms with Crippen LogP contribution in [0, 0.1) is 0 Å². The van der Waals surface area contributed by atoms with Crippen molar-refractivity contribution in [1.29, 1.82) is 0 Å². The second kappa shape index (κ2) is 5.22. The second-order valence-corrected chi connectivity index (χ2v) is 3.48. The molecule has 2 N–H and O–H groups in total. The molecule has 0 saturated heterocycles. The number of aromatic nitrogens is 1. The molecule has 0 bridgehead atoms. The lowest BCUT2D eigenvalue weighted by Crippen LogP contribution is -2.01. The van der Waals surface area contributed by atoms with Gasteiger partial charge in [0.1, 0.15) is 5.75 Å². The zero-order valence-electron chi connectivity index (χ0n) is 9.71. The Morgan fingerprint density at radius 1 is 1.50 bits per heavy atom. The number of benzene rings is 1. The fourth-order valence-electron chi connectivity index (χ4n) is 1.45. The van der Waals surface area contributed by atoms with Crippen molar-refractivity contribution >= 4 is 11.7 Å². The molecule has 0 saturated carbocycles. The van der Waals surface area contributed by atoms with E-state index in [9.17, 15) is 4.79 Å². The molecule has 0 unspecified atom stereocenters. The van der Waals surface area contributed by atoms with Gasteiger partial charge in [0, 0.05) is 0 Å². The molecule has 0 spiro atoms. The minimum Gasteiger partial charge on any atom is -0.495 e. The number of ether oxygens (including phenoxy) is 1. The Balaban J connectivity index is 2.04. The Bertz CT molecular complexity index is 551. The molecule has 6 nitrogen and oxygen atoms in total. The maximum absolute atomic E-state index is 10.6. The van der Waals surface area contributed by atoms with Crippen LogP contribution in [0.5, 0.6) is 5.75 Å². The van der Waals surface area contributed by atoms with E-state index in [4.69, 9.17) is 14.3 Å². The Morgan fingerprint density at radius 3 is 2.94 bits per heavy atom. The van der Waals surface area contributed by atoms with E-state index in [0.717, 1.165) is 5.69 Å². The largest absolute Gasteiger partial charge is 0.495 e. The summed E-state index contributed by atoms with van der Waals surface area (Å²) in [5, 5.41) is 11.7. The van der Waals surface area contributed by atoms with Gasteiger partial charge in [-0.2, -0.15) is 0 Å². The predicted octanol–water partition coefficient (Wildman–Crippen LogP) is 1.99. The molecule has 94 valence electrons. The van der Waals surface area contributed by atoms with Gasteiger partial charge >= 0.3 is 5.97 Å². The lowest BCUT2D eigenvalue weighted by Gasteiger charge is -2.08. The lowest BCUT2D eigenvalue weighted by atomic mass is 10.3. The van der Waals surface area contributed by atoms with Crippen LogP contribution in [-0.2, 0) is 6.54 Å². The number of aromatic carboxylic acids is 1. The molecule has 18 heavy (non-hydrogen) atoms. The summed E-state index contributed by atoms with van der Waals surface area (Å²) in [6, 6.07) is 7.39. The van der Waals surface area contributed by atoms with Gasteiger partial charge in [-0.05, 0) is 12.1 Å². The molecule has 6 heteroatoms. The molecular weight excluding hydrogens is 236 g/mol. The molecule has 1 aromatic carbocycles. The van der Waals surface area contributed by atoms with Crippen molar-refractivity contribution in [3.8, 4) is 5.75 Å². The Morgan fingerprint density at radius 2 is 2.28 bits per heavy atom. The van der Waals surface area contributed by atoms with E-state index >= 15 is 0 Å². The number of methoxy groups -OCH3 is 1. The molecule has 0 radical (unpaired) electrons. The van der Waals surface area contributed by atoms with Gasteiger partial charge < -0.3 is 19.6 Å². The van der Waals surface area contributed by atoms with E-state index < -0.39 is 5.97 Å². The van der Waals surface area contributed by atoms with Crippen molar-refractivity contribution in [2.75, 3.05) is 12.4 Å². The molecule has 0 fully saturated rings. The number of rotatable bonds is 5. The van der Waals surface area contributed by atoms with Gasteiger partial charge in [0.25, 0.3) is 0 Å². The number of para-hydroxylation sites is 2. The van der Waals surface area contributed by atoms with Crippen LogP contribution in [-0.4, -0.2) is 23.2 Å². The van der Waals surface area contributed by atoms with Crippen molar-refractivity contribution in [3.05, 3.63) is 42.1 Å². The van der Waals surface area contributed by atoms with E-state index in [0.29, 0.717) is 11.6 Å². The average Bonchev–Trinajstić information content (AvgIpc) is 2.85. The van der Waals surface area contributed by atoms with Crippen LogP contribution in [0.15, 0.2) is 34.9 Å². The number of nitrogens with zero attached hydrogens (tertiary/aromatic N) is 1. The summed E-state index contributed by atoms with van der Waals surface area (Å²) in [5.74, 6) is -0.307. The van der Waals surface area contributed by atoms with Crippen LogP contribution in [0.25, 0.3) is 0 Å². The molecule has 1 heterocycles. The molecular formula is C12H12N2O4. The Labute approximate surface area is 103 Å². The van der Waals surface area contributed by atoms with Crippen molar-refractivity contribution in [2.24, 2.45) is 0 Å². The standard InChI is InChI=1S/C12H12N2O4/c1-17-9-5-3-2-4-8(9)13-7-11-14-6-10(18-11)12(15)16/h2-6,13H,7H2,1H3,(H,15,16). The first-order valence-corrected chi connectivity index (χ1v) is 5.25. The molecule has 1 aromatic heterocycles. The minimum atomic E-state index is -1.13. The number of hydrogen-bond donors (Lipinski definition) is 2. The summed E-state index contributed by atoms with van der Waals surface area (Å²) in [6.45, 7) is 0.285. The van der Waals surface area contributed by atoms with Crippen LogP contribution in [0.3, 0.4) is 0 Å². The average molecular weight is 248 g/mol. The molecule has 2 rings (SSSR count). The quantitative estimate of drug-likeness (QED) is 0.841. The predicted molar refractivity (Wildman–Crippen MR) is 63.8 cm³/mol. The fourth-order valence-corrected chi connectivity index (χ4v) is 1.45. The highest BCUT2D eigenvalue weighted by molar-refractivity contribution is 5.83. The molecule has 0 aliphatic carbocycles. The van der Waals surface area contributed by atoms with E-state index in [2.05, 4.69) is 10.3 Å². The van der Waals surface area contributed by atoms with Gasteiger partial charge in [-0.25, -0.2) is 9.78 Å². The fraction of sp³-hybridized carbons (Fsp3) is 0.167. The summed E-state index contributed by atoms with van der Waals surface area (Å²) in [6.07, 6.45) is 1.18. The van der Waals surface area contributed by atoms with E-state index in [-0.39, 0.29) is 12.3 Å². The Kier molecular flexibility index (Phi) is 3.47. The first kappa shape index (κ1) is 12.0. The van der Waals surface area contributed by atoms with E-state index in [1.54, 1.807) is 7.11 Å². The number of anilines is 1. The molecule has 0 aliphatic heterocycles. The van der Waals surface area contributed by atoms with Crippen molar-refractivity contribution in [3.63, 3.8) is 0 Å². The number of carboxylic acids is 1. The Hall–Kier alpha value is -2.50. The normalized spacial score (nSPS) is 10.1. The van der Waals surface area contributed by atoms with Gasteiger partial charge in [-0.15, -0.1) is 0 Å². The molecule has 0 aliphatic rings. The van der Waals surface area contributed by atoms with Crippen LogP contribution in [0.2, 0.25) is 0 Å². The third-order valence-electron chi connectivity index (χ3n) is 2.30. The highest BCUT2D eigenvalue weighted by Gasteiger charge is 2.10. The van der Waals surface area contributed by atoms with Gasteiger partial charge in [0.15, 0.2) is 0 Å². The topological polar surface area (TPSA) is 84.6 Å². The second-order valence-electron chi connectivity index (χ2n) is 3.48. The molecule has 2 aromatic rings. The summed E-state index contributed by atoms with van der Waals surface area (Å²) < 4.78 is 10.2. The maximum atomic E-state index is 10.6. The molecule has 0 atom stereocenters. The summed E-state index contributed by atoms with van der Waals surface area (Å²) >= 11 is 0. The number of oxazole rings is 1. The summed E-state index contributed by atoms with van der Waals surface area (Å²) in [7, 11) is 1.58. The van der Waals surface area contributed by atoms with Crippen LogP contribution < -0.4 is 10.1 Å². The number of nitrogens with one attached hydrogen (secondary N) is 1. The molecule has 0 amide bonds. The highest BCUT2D eigenvalue weighted by Crippen LogP contribution is 2.23. The third-order valence-corrected chi connectivity index (χ3v) is 2.30. The van der Waals surface area contributed by atoms with Crippen LogP contribution >= 0.6 is 0 Å². The zero-order valence-corrected chi connectivity index (χ0v) is 9.71. The summed E-state index contributed by atoms with van der Waals surface area (Å²) in [5.41, 5.74) is 0.787. The van der Waals surface area contributed by atoms with Gasteiger partial charge in [-0.3, -0.25) is 0 Å². The van der Waals surface area contributed by atoms with E-state index in [1.807, 2.05) is 24.3 Å². The monoisotopic (exact) mass is 248 g/mol. The smallest absolute Gasteiger partial charge is 0.373 e. The van der Waals surface area contributed by atoms with Crippen molar-refractivity contribution < 1.29 is 19.1 Å². The zero-order chi connectivity index (χ0) is 13.0. The van der Waals surface area contributed by atoms with Gasteiger partial charge in [0.05, 0.1) is 25.5 Å². The van der Waals surface area contributed by atoms with Gasteiger partial charge in [0.2, 0.25) is 11.7 Å². The third kappa shape index (κ3) is 2.60. The first-order chi connectivity index (χ1) is 8.70. The van der Waals surface area contributed by atoms with Gasteiger partial charge in [-0.1, -0.05) is 12.1 Å². The van der Waals surface area contributed by atoms with Crippen molar-refractivity contribution in [2.45, 2.75) is 6.54 Å². The minimum absolute atomic E-state index is 0.174. The number of carboxylic acid groups (broad SMARTS) is 1. The number of carbonyl (C=O) groups is 1. The summed E-state index contributed by atoms with van der Waals surface area (Å²) in [4.78, 5) is 14.5. The lowest BCUT2D eigenvalue weighted by molar-refractivity contribution is 0.0660. The van der Waals surface area contributed by atoms with Crippen LogP contribution in [0.4, 0.5) is 5.69 Å². The van der Waals surface area contributed by atoms with E-state index in [1.165, 1.54) is 6.20 Å². The number of hydrogen-bond acceptors (Lipinski definition) is 5. The maximum Gasteiger partial charge on any atom is 0.373 e.